The zero-order valence-corrected chi connectivity index (χ0v) is 10.2. The Kier molecular flexibility index (Phi) is 3.20. The number of carbonyl (C=O) groups excluding carboxylic acids is 1. The molecule has 4 N–H and O–H groups in total. The average Bonchev–Trinajstić information content (AvgIpc) is 2.64. The largest absolute Gasteiger partial charge is 0.395 e. The van der Waals surface area contributed by atoms with E-state index in [-0.39, 0.29) is 22.1 Å². The van der Waals surface area contributed by atoms with Crippen LogP contribution >= 0.6 is 11.6 Å². The maximum absolute atomic E-state index is 13.5. The van der Waals surface area contributed by atoms with Crippen LogP contribution in [0.15, 0.2) is 18.2 Å². The fourth-order valence-electron chi connectivity index (χ4n) is 1.38. The van der Waals surface area contributed by atoms with Gasteiger partial charge in [0.1, 0.15) is 5.82 Å². The standard InChI is InChI=1S/C11H10ClFN4O/c1-5-9(14)10(17-16-5)11(18)15-8-3-2-6(12)4-7(8)13/h2-4H,14H2,1H3,(H,15,18)(H,16,17). The van der Waals surface area contributed by atoms with Crippen molar-refractivity contribution in [3.63, 3.8) is 0 Å². The molecule has 0 saturated heterocycles. The fourth-order valence-corrected chi connectivity index (χ4v) is 1.54. The number of aryl methyl sites for hydroxylation is 1. The van der Waals surface area contributed by atoms with Crippen LogP contribution in [0.4, 0.5) is 15.8 Å². The summed E-state index contributed by atoms with van der Waals surface area (Å²) in [6, 6.07) is 3.95. The molecule has 1 amide bonds. The molecule has 0 fully saturated rings. The number of hydrogen-bond acceptors (Lipinski definition) is 3. The van der Waals surface area contributed by atoms with Crippen molar-refractivity contribution < 1.29 is 9.18 Å². The van der Waals surface area contributed by atoms with E-state index in [1.807, 2.05) is 0 Å². The molecule has 2 rings (SSSR count). The number of H-pyrrole nitrogens is 1. The summed E-state index contributed by atoms with van der Waals surface area (Å²) in [5.74, 6) is -1.21. The average molecular weight is 269 g/mol. The third kappa shape index (κ3) is 2.28. The van der Waals surface area contributed by atoms with Gasteiger partial charge >= 0.3 is 0 Å². The van der Waals surface area contributed by atoms with Crippen molar-refractivity contribution in [1.29, 1.82) is 0 Å². The number of nitrogen functional groups attached to an aromatic ring is 1. The summed E-state index contributed by atoms with van der Waals surface area (Å²) in [6.45, 7) is 1.68. The highest BCUT2D eigenvalue weighted by molar-refractivity contribution is 6.30. The molecule has 0 unspecified atom stereocenters. The lowest BCUT2D eigenvalue weighted by Gasteiger charge is -2.05. The number of halogens is 2. The predicted molar refractivity (Wildman–Crippen MR) is 67.1 cm³/mol. The van der Waals surface area contributed by atoms with Crippen molar-refractivity contribution in [3.05, 3.63) is 40.4 Å². The molecule has 0 bridgehead atoms. The Morgan fingerprint density at radius 3 is 2.83 bits per heavy atom. The van der Waals surface area contributed by atoms with Gasteiger partial charge in [0, 0.05) is 5.02 Å². The van der Waals surface area contributed by atoms with E-state index < -0.39 is 11.7 Å². The van der Waals surface area contributed by atoms with Gasteiger partial charge in [-0.2, -0.15) is 5.10 Å². The lowest BCUT2D eigenvalue weighted by atomic mass is 10.2. The Bertz CT molecular complexity index is 611. The molecule has 1 heterocycles. The summed E-state index contributed by atoms with van der Waals surface area (Å²) < 4.78 is 13.5. The van der Waals surface area contributed by atoms with E-state index in [2.05, 4.69) is 15.5 Å². The molecule has 0 atom stereocenters. The molecule has 5 nitrogen and oxygen atoms in total. The van der Waals surface area contributed by atoms with Crippen LogP contribution < -0.4 is 11.1 Å². The molecule has 2 aromatic rings. The van der Waals surface area contributed by atoms with Gasteiger partial charge in [0.25, 0.3) is 5.91 Å². The zero-order chi connectivity index (χ0) is 13.3. The van der Waals surface area contributed by atoms with Gasteiger partial charge in [-0.05, 0) is 25.1 Å². The van der Waals surface area contributed by atoms with E-state index in [4.69, 9.17) is 17.3 Å². The lowest BCUT2D eigenvalue weighted by Crippen LogP contribution is -2.15. The van der Waals surface area contributed by atoms with E-state index in [9.17, 15) is 9.18 Å². The molecule has 1 aromatic carbocycles. The molecule has 0 aliphatic carbocycles. The van der Waals surface area contributed by atoms with E-state index in [0.29, 0.717) is 5.69 Å². The Labute approximate surface area is 107 Å². The van der Waals surface area contributed by atoms with Gasteiger partial charge in [-0.15, -0.1) is 0 Å². The molecule has 0 spiro atoms. The minimum absolute atomic E-state index is 0.0180. The number of rotatable bonds is 2. The lowest BCUT2D eigenvalue weighted by molar-refractivity contribution is 0.102. The number of carbonyl (C=O) groups is 1. The van der Waals surface area contributed by atoms with Crippen LogP contribution in [0.2, 0.25) is 5.02 Å². The zero-order valence-electron chi connectivity index (χ0n) is 9.42. The first-order valence-electron chi connectivity index (χ1n) is 5.06. The monoisotopic (exact) mass is 268 g/mol. The van der Waals surface area contributed by atoms with Gasteiger partial charge in [0.2, 0.25) is 0 Å². The highest BCUT2D eigenvalue weighted by atomic mass is 35.5. The molecule has 0 aliphatic rings. The number of anilines is 2. The van der Waals surface area contributed by atoms with Crippen LogP contribution in [0.1, 0.15) is 16.2 Å². The molecule has 0 radical (unpaired) electrons. The molecular formula is C11H10ClFN4O. The normalized spacial score (nSPS) is 10.4. The number of benzene rings is 1. The number of nitrogens with one attached hydrogen (secondary N) is 2. The second-order valence-electron chi connectivity index (χ2n) is 3.69. The van der Waals surface area contributed by atoms with Crippen LogP contribution in [-0.4, -0.2) is 16.1 Å². The highest BCUT2D eigenvalue weighted by Crippen LogP contribution is 2.20. The minimum Gasteiger partial charge on any atom is -0.395 e. The van der Waals surface area contributed by atoms with E-state index in [1.54, 1.807) is 6.92 Å². The summed E-state index contributed by atoms with van der Waals surface area (Å²) in [5.41, 5.74) is 6.52. The van der Waals surface area contributed by atoms with Gasteiger partial charge in [-0.25, -0.2) is 4.39 Å². The van der Waals surface area contributed by atoms with E-state index in [0.717, 1.165) is 6.07 Å². The topological polar surface area (TPSA) is 83.8 Å². The van der Waals surface area contributed by atoms with Crippen molar-refractivity contribution in [3.8, 4) is 0 Å². The van der Waals surface area contributed by atoms with Gasteiger partial charge in [0.05, 0.1) is 17.1 Å². The Morgan fingerprint density at radius 2 is 2.28 bits per heavy atom. The summed E-state index contributed by atoms with van der Waals surface area (Å²) >= 11 is 5.61. The van der Waals surface area contributed by atoms with Gasteiger partial charge < -0.3 is 11.1 Å². The molecule has 1 aromatic heterocycles. The second kappa shape index (κ2) is 4.66. The van der Waals surface area contributed by atoms with Crippen molar-refractivity contribution in [2.45, 2.75) is 6.92 Å². The second-order valence-corrected chi connectivity index (χ2v) is 4.13. The Morgan fingerprint density at radius 1 is 1.56 bits per heavy atom. The number of aromatic nitrogens is 2. The highest BCUT2D eigenvalue weighted by Gasteiger charge is 2.16. The molecular weight excluding hydrogens is 259 g/mol. The van der Waals surface area contributed by atoms with Crippen molar-refractivity contribution in [2.24, 2.45) is 0 Å². The summed E-state index contributed by atoms with van der Waals surface area (Å²) in [4.78, 5) is 11.8. The molecule has 7 heteroatoms. The number of amides is 1. The number of nitrogens with two attached hydrogens (primary N) is 1. The Hall–Kier alpha value is -2.08. The van der Waals surface area contributed by atoms with Crippen LogP contribution in [0.5, 0.6) is 0 Å². The van der Waals surface area contributed by atoms with Crippen LogP contribution in [0, 0.1) is 12.7 Å². The number of hydrogen-bond donors (Lipinski definition) is 3. The molecule has 0 saturated carbocycles. The summed E-state index contributed by atoms with van der Waals surface area (Å²) in [5, 5.41) is 8.95. The van der Waals surface area contributed by atoms with Crippen molar-refractivity contribution in [1.82, 2.24) is 10.2 Å². The maximum atomic E-state index is 13.5. The third-order valence-electron chi connectivity index (χ3n) is 2.39. The first kappa shape index (κ1) is 12.4. The van der Waals surface area contributed by atoms with Crippen LogP contribution in [-0.2, 0) is 0 Å². The van der Waals surface area contributed by atoms with Gasteiger partial charge in [-0.1, -0.05) is 11.6 Å². The first-order chi connectivity index (χ1) is 8.49. The predicted octanol–water partition coefficient (Wildman–Crippen LogP) is 2.35. The van der Waals surface area contributed by atoms with Crippen molar-refractivity contribution in [2.75, 3.05) is 11.1 Å². The maximum Gasteiger partial charge on any atom is 0.278 e. The van der Waals surface area contributed by atoms with Crippen molar-refractivity contribution >= 4 is 28.9 Å². The van der Waals surface area contributed by atoms with Crippen LogP contribution in [0.25, 0.3) is 0 Å². The Balaban J connectivity index is 2.24. The quantitative estimate of drug-likeness (QED) is 0.782. The first-order valence-corrected chi connectivity index (χ1v) is 5.43. The number of nitrogens with zero attached hydrogens (tertiary/aromatic N) is 1. The van der Waals surface area contributed by atoms with E-state index >= 15 is 0 Å². The van der Waals surface area contributed by atoms with Gasteiger partial charge in [0.15, 0.2) is 5.69 Å². The minimum atomic E-state index is -0.623. The SMILES string of the molecule is Cc1[nH]nc(C(=O)Nc2ccc(Cl)cc2F)c1N. The third-order valence-corrected chi connectivity index (χ3v) is 2.62. The van der Waals surface area contributed by atoms with E-state index in [1.165, 1.54) is 12.1 Å². The summed E-state index contributed by atoms with van der Waals surface area (Å²) in [6.07, 6.45) is 0. The van der Waals surface area contributed by atoms with Crippen LogP contribution in [0.3, 0.4) is 0 Å². The summed E-state index contributed by atoms with van der Waals surface area (Å²) in [7, 11) is 0. The molecule has 0 aliphatic heterocycles. The number of aromatic amines is 1. The molecule has 94 valence electrons. The molecule has 18 heavy (non-hydrogen) atoms. The van der Waals surface area contributed by atoms with Gasteiger partial charge in [-0.3, -0.25) is 9.89 Å². The smallest absolute Gasteiger partial charge is 0.278 e. The fraction of sp³-hybridized carbons (Fsp3) is 0.0909.